The van der Waals surface area contributed by atoms with Crippen LogP contribution in [0.3, 0.4) is 0 Å². The lowest BCUT2D eigenvalue weighted by atomic mass is 10.4. The Morgan fingerprint density at radius 2 is 2.19 bits per heavy atom. The van der Waals surface area contributed by atoms with Gasteiger partial charge in [-0.05, 0) is 0 Å². The van der Waals surface area contributed by atoms with Crippen molar-refractivity contribution in [2.24, 2.45) is 0 Å². The molecular weight excluding hydrogens is 210 g/mol. The lowest BCUT2D eigenvalue weighted by Crippen LogP contribution is -2.40. The van der Waals surface area contributed by atoms with Crippen molar-refractivity contribution in [1.82, 2.24) is 15.0 Å². The van der Waals surface area contributed by atoms with E-state index >= 15 is 0 Å². The van der Waals surface area contributed by atoms with Gasteiger partial charge in [-0.3, -0.25) is 0 Å². The van der Waals surface area contributed by atoms with Crippen LogP contribution in [0.25, 0.3) is 0 Å². The topological polar surface area (TPSA) is 85.5 Å². The van der Waals surface area contributed by atoms with Gasteiger partial charge in [-0.25, -0.2) is 9.99 Å². The summed E-state index contributed by atoms with van der Waals surface area (Å²) in [5.41, 5.74) is 9.38. The van der Waals surface area contributed by atoms with Crippen LogP contribution in [0.1, 0.15) is 0 Å². The predicted molar refractivity (Wildman–Crippen MR) is 59.0 cm³/mol. The summed E-state index contributed by atoms with van der Waals surface area (Å²) >= 11 is 0. The molecule has 1 aliphatic heterocycles. The van der Waals surface area contributed by atoms with E-state index in [4.69, 9.17) is 15.2 Å². The largest absolute Gasteiger partial charge is 0.479 e. The number of methoxy groups -OCH3 is 1. The molecule has 0 atom stereocenters. The highest BCUT2D eigenvalue weighted by atomic mass is 16.5. The highest BCUT2D eigenvalue weighted by molar-refractivity contribution is 5.65. The fourth-order valence-corrected chi connectivity index (χ4v) is 1.46. The molecular formula is C9H15N5O2. The van der Waals surface area contributed by atoms with Crippen LogP contribution in [0.4, 0.5) is 11.5 Å². The van der Waals surface area contributed by atoms with E-state index in [1.54, 1.807) is 0 Å². The van der Waals surface area contributed by atoms with E-state index in [1.165, 1.54) is 13.4 Å². The normalized spacial score (nSPS) is 17.1. The summed E-state index contributed by atoms with van der Waals surface area (Å²) in [5.74, 6) is 0.944. The van der Waals surface area contributed by atoms with Crippen molar-refractivity contribution >= 4 is 11.5 Å². The van der Waals surface area contributed by atoms with Crippen LogP contribution < -0.4 is 15.9 Å². The molecule has 0 bridgehead atoms. The van der Waals surface area contributed by atoms with E-state index in [9.17, 15) is 0 Å². The number of hydrogen-bond acceptors (Lipinski definition) is 7. The Hall–Kier alpha value is -1.60. The molecule has 88 valence electrons. The number of hydrazine groups is 1. The zero-order chi connectivity index (χ0) is 11.4. The van der Waals surface area contributed by atoms with Gasteiger partial charge in [-0.2, -0.15) is 4.98 Å². The molecule has 7 heteroatoms. The van der Waals surface area contributed by atoms with Crippen LogP contribution in [0.15, 0.2) is 6.33 Å². The molecule has 2 heterocycles. The minimum Gasteiger partial charge on any atom is -0.479 e. The Labute approximate surface area is 93.5 Å². The summed E-state index contributed by atoms with van der Waals surface area (Å²) < 4.78 is 10.3. The van der Waals surface area contributed by atoms with Crippen LogP contribution in [0.5, 0.6) is 5.88 Å². The fourth-order valence-electron chi connectivity index (χ4n) is 1.46. The second-order valence-corrected chi connectivity index (χ2v) is 3.36. The molecule has 7 nitrogen and oxygen atoms in total. The van der Waals surface area contributed by atoms with E-state index in [0.29, 0.717) is 30.6 Å². The van der Waals surface area contributed by atoms with E-state index in [-0.39, 0.29) is 0 Å². The van der Waals surface area contributed by atoms with Gasteiger partial charge in [0.15, 0.2) is 5.82 Å². The number of nitrogens with two attached hydrogens (primary N) is 1. The summed E-state index contributed by atoms with van der Waals surface area (Å²) in [6.07, 6.45) is 1.41. The highest BCUT2D eigenvalue weighted by Gasteiger charge is 2.14. The number of nitrogens with one attached hydrogen (secondary N) is 1. The third-order valence-electron chi connectivity index (χ3n) is 2.32. The summed E-state index contributed by atoms with van der Waals surface area (Å²) in [4.78, 5) is 7.98. The first-order chi connectivity index (χ1) is 7.81. The van der Waals surface area contributed by atoms with Gasteiger partial charge in [0, 0.05) is 13.1 Å². The molecule has 0 amide bonds. The van der Waals surface area contributed by atoms with Crippen LogP contribution >= 0.6 is 0 Å². The van der Waals surface area contributed by atoms with Gasteiger partial charge >= 0.3 is 0 Å². The Morgan fingerprint density at radius 1 is 1.44 bits per heavy atom. The Kier molecular flexibility index (Phi) is 3.37. The van der Waals surface area contributed by atoms with Crippen LogP contribution in [-0.2, 0) is 4.74 Å². The van der Waals surface area contributed by atoms with Crippen molar-refractivity contribution in [3.63, 3.8) is 0 Å². The highest BCUT2D eigenvalue weighted by Crippen LogP contribution is 2.24. The standard InChI is InChI=1S/C9H15N5O2/c1-15-9-7(10)8(11-6-12-9)13-14-2-4-16-5-3-14/h6H,2-5,10H2,1H3,(H,11,12,13). The SMILES string of the molecule is COc1ncnc(NN2CCOCC2)c1N. The third kappa shape index (κ3) is 2.31. The second-order valence-electron chi connectivity index (χ2n) is 3.36. The first kappa shape index (κ1) is 10.9. The monoisotopic (exact) mass is 225 g/mol. The maximum atomic E-state index is 5.84. The number of morpholine rings is 1. The minimum atomic E-state index is 0.380. The van der Waals surface area contributed by atoms with E-state index in [1.807, 2.05) is 5.01 Å². The van der Waals surface area contributed by atoms with Gasteiger partial charge in [0.25, 0.3) is 0 Å². The number of anilines is 2. The summed E-state index contributed by atoms with van der Waals surface area (Å²) in [5, 5.41) is 2.00. The lowest BCUT2D eigenvalue weighted by Gasteiger charge is -2.27. The number of nitrogen functional groups attached to an aromatic ring is 1. The third-order valence-corrected chi connectivity index (χ3v) is 2.32. The van der Waals surface area contributed by atoms with Crippen molar-refractivity contribution < 1.29 is 9.47 Å². The Bertz CT molecular complexity index is 354. The molecule has 3 N–H and O–H groups in total. The van der Waals surface area contributed by atoms with Gasteiger partial charge in [0.2, 0.25) is 5.88 Å². The van der Waals surface area contributed by atoms with Crippen molar-refractivity contribution in [3.05, 3.63) is 6.33 Å². The molecule has 0 spiro atoms. The van der Waals surface area contributed by atoms with Crippen molar-refractivity contribution in [3.8, 4) is 5.88 Å². The Balaban J connectivity index is 2.08. The molecule has 0 aliphatic carbocycles. The summed E-state index contributed by atoms with van der Waals surface area (Å²) in [7, 11) is 1.53. The average Bonchev–Trinajstić information content (AvgIpc) is 2.33. The van der Waals surface area contributed by atoms with Crippen LogP contribution in [0.2, 0.25) is 0 Å². The molecule has 0 unspecified atom stereocenters. The van der Waals surface area contributed by atoms with Gasteiger partial charge < -0.3 is 20.6 Å². The zero-order valence-corrected chi connectivity index (χ0v) is 9.14. The van der Waals surface area contributed by atoms with Gasteiger partial charge in [-0.1, -0.05) is 0 Å². The number of rotatable bonds is 3. The molecule has 1 aliphatic rings. The van der Waals surface area contributed by atoms with E-state index < -0.39 is 0 Å². The molecule has 1 aromatic rings. The minimum absolute atomic E-state index is 0.380. The molecule has 2 rings (SSSR count). The number of nitrogens with zero attached hydrogens (tertiary/aromatic N) is 3. The van der Waals surface area contributed by atoms with Gasteiger partial charge in [0.1, 0.15) is 12.0 Å². The van der Waals surface area contributed by atoms with Gasteiger partial charge in [-0.15, -0.1) is 0 Å². The van der Waals surface area contributed by atoms with Crippen molar-refractivity contribution in [1.29, 1.82) is 0 Å². The molecule has 1 aromatic heterocycles. The summed E-state index contributed by atoms with van der Waals surface area (Å²) in [6.45, 7) is 3.00. The number of ether oxygens (including phenoxy) is 2. The smallest absolute Gasteiger partial charge is 0.242 e. The average molecular weight is 225 g/mol. The van der Waals surface area contributed by atoms with Crippen molar-refractivity contribution in [2.45, 2.75) is 0 Å². The lowest BCUT2D eigenvalue weighted by molar-refractivity contribution is 0.0495. The Morgan fingerprint density at radius 3 is 2.88 bits per heavy atom. The maximum absolute atomic E-state index is 5.84. The van der Waals surface area contributed by atoms with E-state index in [0.717, 1.165) is 13.1 Å². The first-order valence-electron chi connectivity index (χ1n) is 5.05. The second kappa shape index (κ2) is 4.95. The van der Waals surface area contributed by atoms with Crippen LogP contribution in [-0.4, -0.2) is 48.4 Å². The molecule has 16 heavy (non-hydrogen) atoms. The number of hydrogen-bond donors (Lipinski definition) is 2. The predicted octanol–water partition coefficient (Wildman–Crippen LogP) is -0.273. The first-order valence-corrected chi connectivity index (χ1v) is 5.05. The molecule has 1 saturated heterocycles. The number of aromatic nitrogens is 2. The van der Waals surface area contributed by atoms with Crippen LogP contribution in [0, 0.1) is 0 Å². The van der Waals surface area contributed by atoms with Crippen molar-refractivity contribution in [2.75, 3.05) is 44.6 Å². The van der Waals surface area contributed by atoms with E-state index in [2.05, 4.69) is 15.4 Å². The molecule has 0 saturated carbocycles. The molecule has 1 fully saturated rings. The maximum Gasteiger partial charge on any atom is 0.242 e. The quantitative estimate of drug-likeness (QED) is 0.732. The fraction of sp³-hybridized carbons (Fsp3) is 0.556. The molecule has 0 radical (unpaired) electrons. The van der Waals surface area contributed by atoms with Gasteiger partial charge in [0.05, 0.1) is 20.3 Å². The zero-order valence-electron chi connectivity index (χ0n) is 9.14. The molecule has 0 aromatic carbocycles. The summed E-state index contributed by atoms with van der Waals surface area (Å²) in [6, 6.07) is 0.